The molecule has 2 aliphatic rings. The number of nitrogens with zero attached hydrogens (tertiary/aromatic N) is 5. The molecular formula is C19H24ClIN6. The number of aliphatic imine (C=N–C) groups is 1. The van der Waals surface area contributed by atoms with Gasteiger partial charge in [0.25, 0.3) is 0 Å². The van der Waals surface area contributed by atoms with Crippen LogP contribution in [-0.2, 0) is 0 Å². The lowest BCUT2D eigenvalue weighted by Crippen LogP contribution is -2.52. The van der Waals surface area contributed by atoms with Crippen molar-refractivity contribution in [2.24, 2.45) is 10.7 Å². The smallest absolute Gasteiger partial charge is 0.225 e. The van der Waals surface area contributed by atoms with Crippen molar-refractivity contribution in [3.05, 3.63) is 53.3 Å². The Labute approximate surface area is 181 Å². The van der Waals surface area contributed by atoms with Gasteiger partial charge in [0.1, 0.15) is 0 Å². The van der Waals surface area contributed by atoms with Crippen LogP contribution in [0.1, 0.15) is 24.3 Å². The predicted molar refractivity (Wildman–Crippen MR) is 120 cm³/mol. The molecule has 0 amide bonds. The summed E-state index contributed by atoms with van der Waals surface area (Å²) in [6, 6.07) is 10.3. The van der Waals surface area contributed by atoms with Gasteiger partial charge in [-0.15, -0.1) is 24.0 Å². The topological polar surface area (TPSA) is 70.6 Å². The van der Waals surface area contributed by atoms with Gasteiger partial charge in [0.05, 0.1) is 6.04 Å². The molecule has 0 radical (unpaired) electrons. The van der Waals surface area contributed by atoms with E-state index in [4.69, 9.17) is 22.3 Å². The number of nitrogens with two attached hydrogens (primary N) is 1. The van der Waals surface area contributed by atoms with Gasteiger partial charge in [0.2, 0.25) is 5.95 Å². The van der Waals surface area contributed by atoms with E-state index >= 15 is 0 Å². The van der Waals surface area contributed by atoms with Gasteiger partial charge in [-0.3, -0.25) is 0 Å². The minimum Gasteiger partial charge on any atom is -0.370 e. The SMILES string of the molecule is I.NC(=NC1CC(c2ccc(Cl)cc2)C1)N1CCN(c2ncccn2)CC1. The summed E-state index contributed by atoms with van der Waals surface area (Å²) in [6.07, 6.45) is 5.66. The van der Waals surface area contributed by atoms with Gasteiger partial charge >= 0.3 is 0 Å². The molecule has 0 atom stereocenters. The molecule has 8 heteroatoms. The van der Waals surface area contributed by atoms with Crippen LogP contribution in [0.5, 0.6) is 0 Å². The van der Waals surface area contributed by atoms with Crippen LogP contribution in [0.4, 0.5) is 5.95 Å². The predicted octanol–water partition coefficient (Wildman–Crippen LogP) is 3.13. The molecule has 144 valence electrons. The summed E-state index contributed by atoms with van der Waals surface area (Å²) in [4.78, 5) is 17.7. The van der Waals surface area contributed by atoms with Gasteiger partial charge in [-0.05, 0) is 42.5 Å². The lowest BCUT2D eigenvalue weighted by Gasteiger charge is -2.37. The van der Waals surface area contributed by atoms with Crippen molar-refractivity contribution in [3.63, 3.8) is 0 Å². The third kappa shape index (κ3) is 4.82. The van der Waals surface area contributed by atoms with Crippen LogP contribution in [0.3, 0.4) is 0 Å². The van der Waals surface area contributed by atoms with Crippen molar-refractivity contribution < 1.29 is 0 Å². The first-order valence-corrected chi connectivity index (χ1v) is 9.42. The molecule has 2 aromatic rings. The maximum absolute atomic E-state index is 6.26. The molecule has 6 nitrogen and oxygen atoms in total. The van der Waals surface area contributed by atoms with Crippen molar-refractivity contribution in [3.8, 4) is 0 Å². The number of rotatable bonds is 3. The molecule has 1 aliphatic heterocycles. The highest BCUT2D eigenvalue weighted by Crippen LogP contribution is 2.39. The lowest BCUT2D eigenvalue weighted by molar-refractivity contribution is 0.336. The summed E-state index contributed by atoms with van der Waals surface area (Å²) in [5.41, 5.74) is 7.60. The third-order valence-electron chi connectivity index (χ3n) is 5.21. The molecular weight excluding hydrogens is 475 g/mol. The van der Waals surface area contributed by atoms with E-state index in [-0.39, 0.29) is 24.0 Å². The third-order valence-corrected chi connectivity index (χ3v) is 5.46. The van der Waals surface area contributed by atoms with Gasteiger partial charge in [0, 0.05) is 43.6 Å². The van der Waals surface area contributed by atoms with E-state index in [1.165, 1.54) is 5.56 Å². The molecule has 0 unspecified atom stereocenters. The molecule has 0 bridgehead atoms. The number of anilines is 1. The average molecular weight is 499 g/mol. The second-order valence-corrected chi connectivity index (χ2v) is 7.32. The molecule has 1 aromatic heterocycles. The Bertz CT molecular complexity index is 756. The number of guanidine groups is 1. The molecule has 4 rings (SSSR count). The number of aromatic nitrogens is 2. The zero-order valence-corrected chi connectivity index (χ0v) is 18.1. The maximum atomic E-state index is 6.26. The summed E-state index contributed by atoms with van der Waals surface area (Å²) < 4.78 is 0. The van der Waals surface area contributed by atoms with Crippen molar-refractivity contribution in [2.45, 2.75) is 24.8 Å². The molecule has 0 spiro atoms. The summed E-state index contributed by atoms with van der Waals surface area (Å²) in [5.74, 6) is 2.02. The molecule has 27 heavy (non-hydrogen) atoms. The number of benzene rings is 1. The van der Waals surface area contributed by atoms with Crippen LogP contribution >= 0.6 is 35.6 Å². The highest BCUT2D eigenvalue weighted by molar-refractivity contribution is 14.0. The van der Waals surface area contributed by atoms with E-state index in [2.05, 4.69) is 31.9 Å². The Balaban J connectivity index is 0.00000210. The second kappa shape index (κ2) is 9.05. The van der Waals surface area contributed by atoms with Crippen LogP contribution < -0.4 is 10.6 Å². The normalized spacial score (nSPS) is 22.8. The zero-order chi connectivity index (χ0) is 17.9. The maximum Gasteiger partial charge on any atom is 0.225 e. The highest BCUT2D eigenvalue weighted by Gasteiger charge is 2.31. The number of piperazine rings is 1. The van der Waals surface area contributed by atoms with Crippen LogP contribution in [0.2, 0.25) is 5.02 Å². The largest absolute Gasteiger partial charge is 0.370 e. The minimum atomic E-state index is 0. The molecule has 1 aromatic carbocycles. The monoisotopic (exact) mass is 498 g/mol. The van der Waals surface area contributed by atoms with E-state index < -0.39 is 0 Å². The van der Waals surface area contributed by atoms with Crippen molar-refractivity contribution in [1.29, 1.82) is 0 Å². The van der Waals surface area contributed by atoms with E-state index in [1.807, 2.05) is 18.2 Å². The standard InChI is InChI=1S/C19H23ClN6.HI/c20-16-4-2-14(3-5-16)15-12-17(13-15)24-18(21)25-8-10-26(11-9-25)19-22-6-1-7-23-19;/h1-7,15,17H,8-13H2,(H2,21,24);1H. The fraction of sp³-hybridized carbons (Fsp3) is 0.421. The van der Waals surface area contributed by atoms with Crippen LogP contribution in [0.15, 0.2) is 47.7 Å². The Morgan fingerprint density at radius 2 is 1.67 bits per heavy atom. The average Bonchev–Trinajstić information content (AvgIpc) is 2.66. The fourth-order valence-corrected chi connectivity index (χ4v) is 3.69. The molecule has 2 N–H and O–H groups in total. The van der Waals surface area contributed by atoms with E-state index in [0.717, 1.165) is 50.0 Å². The van der Waals surface area contributed by atoms with Crippen molar-refractivity contribution in [2.75, 3.05) is 31.1 Å². The van der Waals surface area contributed by atoms with Crippen LogP contribution in [-0.4, -0.2) is 53.0 Å². The minimum absolute atomic E-state index is 0. The molecule has 1 aliphatic carbocycles. The molecule has 2 heterocycles. The highest BCUT2D eigenvalue weighted by atomic mass is 127. The molecule has 1 saturated heterocycles. The van der Waals surface area contributed by atoms with Crippen molar-refractivity contribution >= 4 is 47.5 Å². The van der Waals surface area contributed by atoms with Crippen molar-refractivity contribution in [1.82, 2.24) is 14.9 Å². The number of halogens is 2. The van der Waals surface area contributed by atoms with E-state index in [0.29, 0.717) is 17.9 Å². The van der Waals surface area contributed by atoms with Gasteiger partial charge in [-0.25, -0.2) is 15.0 Å². The Morgan fingerprint density at radius 1 is 1.04 bits per heavy atom. The van der Waals surface area contributed by atoms with Gasteiger partial charge in [-0.2, -0.15) is 0 Å². The summed E-state index contributed by atoms with van der Waals surface area (Å²) in [5, 5.41) is 0.784. The quantitative estimate of drug-likeness (QED) is 0.400. The van der Waals surface area contributed by atoms with Gasteiger partial charge < -0.3 is 15.5 Å². The number of hydrogen-bond donors (Lipinski definition) is 1. The van der Waals surface area contributed by atoms with E-state index in [1.54, 1.807) is 12.4 Å². The summed E-state index contributed by atoms with van der Waals surface area (Å²) >= 11 is 5.96. The van der Waals surface area contributed by atoms with Crippen LogP contribution in [0.25, 0.3) is 0 Å². The Kier molecular flexibility index (Phi) is 6.75. The Morgan fingerprint density at radius 3 is 2.30 bits per heavy atom. The second-order valence-electron chi connectivity index (χ2n) is 6.88. The zero-order valence-electron chi connectivity index (χ0n) is 15.0. The molecule has 2 fully saturated rings. The first-order chi connectivity index (χ1) is 12.7. The summed E-state index contributed by atoms with van der Waals surface area (Å²) in [7, 11) is 0. The lowest BCUT2D eigenvalue weighted by atomic mass is 9.76. The van der Waals surface area contributed by atoms with Gasteiger partial charge in [-0.1, -0.05) is 23.7 Å². The number of hydrogen-bond acceptors (Lipinski definition) is 4. The Hall–Kier alpha value is -1.61. The summed E-state index contributed by atoms with van der Waals surface area (Å²) in [6.45, 7) is 3.42. The van der Waals surface area contributed by atoms with Gasteiger partial charge in [0.15, 0.2) is 5.96 Å². The first kappa shape index (κ1) is 20.1. The molecule has 1 saturated carbocycles. The van der Waals surface area contributed by atoms with Crippen LogP contribution in [0, 0.1) is 0 Å². The fourth-order valence-electron chi connectivity index (χ4n) is 3.56. The first-order valence-electron chi connectivity index (χ1n) is 9.04. The van der Waals surface area contributed by atoms with E-state index in [9.17, 15) is 0 Å².